The van der Waals surface area contributed by atoms with Crippen molar-refractivity contribution in [2.75, 3.05) is 20.3 Å². The number of carbonyl (C=O) groups is 1. The van der Waals surface area contributed by atoms with Gasteiger partial charge in [0, 0.05) is 6.61 Å². The monoisotopic (exact) mass is 162 g/mol. The topological polar surface area (TPSA) is 44.8 Å². The van der Waals surface area contributed by atoms with Crippen LogP contribution in [0, 0.1) is 0 Å². The fourth-order valence-electron chi connectivity index (χ4n) is 0.530. The molecule has 0 fully saturated rings. The van der Waals surface area contributed by atoms with Gasteiger partial charge in [0.1, 0.15) is 6.10 Å². The van der Waals surface area contributed by atoms with E-state index in [9.17, 15) is 4.79 Å². The number of hydrogen-bond donors (Lipinski definition) is 0. The van der Waals surface area contributed by atoms with Crippen LogP contribution in [0.3, 0.4) is 0 Å². The zero-order valence-electron chi connectivity index (χ0n) is 7.12. The van der Waals surface area contributed by atoms with Crippen LogP contribution >= 0.6 is 0 Å². The maximum absolute atomic E-state index is 10.5. The van der Waals surface area contributed by atoms with Gasteiger partial charge in [-0.3, -0.25) is 0 Å². The van der Waals surface area contributed by atoms with Gasteiger partial charge in [-0.25, -0.2) is 4.79 Å². The number of hydrogen-bond acceptors (Lipinski definition) is 4. The highest BCUT2D eigenvalue weighted by Crippen LogP contribution is 1.93. The number of carbonyl (C=O) groups excluding carboxylic acids is 1. The summed E-state index contributed by atoms with van der Waals surface area (Å²) in [7, 11) is 1.27. The highest BCUT2D eigenvalue weighted by atomic mass is 16.7. The first kappa shape index (κ1) is 10.2. The average molecular weight is 162 g/mol. The van der Waals surface area contributed by atoms with Crippen LogP contribution in [-0.4, -0.2) is 32.6 Å². The molecule has 0 heterocycles. The van der Waals surface area contributed by atoms with Gasteiger partial charge in [-0.15, -0.1) is 0 Å². The second kappa shape index (κ2) is 5.97. The Bertz CT molecular complexity index is 113. The van der Waals surface area contributed by atoms with E-state index in [-0.39, 0.29) is 6.10 Å². The van der Waals surface area contributed by atoms with Crippen molar-refractivity contribution in [2.45, 2.75) is 20.0 Å². The molecule has 0 spiro atoms. The molecular weight excluding hydrogens is 148 g/mol. The zero-order chi connectivity index (χ0) is 8.69. The molecule has 0 aromatic heterocycles. The van der Waals surface area contributed by atoms with Crippen LogP contribution in [0.5, 0.6) is 0 Å². The predicted molar refractivity (Wildman–Crippen MR) is 39.4 cm³/mol. The van der Waals surface area contributed by atoms with Crippen LogP contribution < -0.4 is 0 Å². The Morgan fingerprint density at radius 2 is 2.18 bits per heavy atom. The van der Waals surface area contributed by atoms with Crippen LogP contribution in [-0.2, 0) is 14.2 Å². The minimum Gasteiger partial charge on any atom is -0.438 e. The summed E-state index contributed by atoms with van der Waals surface area (Å²) < 4.78 is 14.0. The van der Waals surface area contributed by atoms with Gasteiger partial charge in [0.15, 0.2) is 0 Å². The SMILES string of the molecule is CCOCC(C)OC(=O)OC. The van der Waals surface area contributed by atoms with Gasteiger partial charge >= 0.3 is 6.16 Å². The Kier molecular flexibility index (Phi) is 5.56. The minimum atomic E-state index is -0.669. The first-order chi connectivity index (χ1) is 5.20. The predicted octanol–water partition coefficient (Wildman–Crippen LogP) is 1.19. The van der Waals surface area contributed by atoms with Gasteiger partial charge in [-0.1, -0.05) is 0 Å². The van der Waals surface area contributed by atoms with E-state index in [0.29, 0.717) is 13.2 Å². The smallest absolute Gasteiger partial charge is 0.438 e. The van der Waals surface area contributed by atoms with Crippen LogP contribution in [0.15, 0.2) is 0 Å². The second-order valence-corrected chi connectivity index (χ2v) is 2.04. The highest BCUT2D eigenvalue weighted by Gasteiger charge is 2.07. The third-order valence-electron chi connectivity index (χ3n) is 1.02. The Labute approximate surface area is 66.4 Å². The standard InChI is InChI=1S/C7H14O4/c1-4-10-5-6(2)11-7(8)9-3/h6H,4-5H2,1-3H3. The molecule has 0 rings (SSSR count). The molecule has 11 heavy (non-hydrogen) atoms. The van der Waals surface area contributed by atoms with E-state index in [1.54, 1.807) is 6.92 Å². The van der Waals surface area contributed by atoms with Crippen LogP contribution in [0.2, 0.25) is 0 Å². The maximum Gasteiger partial charge on any atom is 0.508 e. The summed E-state index contributed by atoms with van der Waals surface area (Å²) in [6.45, 7) is 4.65. The molecule has 0 radical (unpaired) electrons. The first-order valence-electron chi connectivity index (χ1n) is 3.53. The summed E-state index contributed by atoms with van der Waals surface area (Å²) in [5, 5.41) is 0. The van der Waals surface area contributed by atoms with Gasteiger partial charge in [-0.05, 0) is 13.8 Å². The summed E-state index contributed by atoms with van der Waals surface area (Å²) in [6, 6.07) is 0. The summed E-state index contributed by atoms with van der Waals surface area (Å²) >= 11 is 0. The van der Waals surface area contributed by atoms with Crippen LogP contribution in [0.25, 0.3) is 0 Å². The van der Waals surface area contributed by atoms with E-state index >= 15 is 0 Å². The van der Waals surface area contributed by atoms with E-state index in [2.05, 4.69) is 4.74 Å². The van der Waals surface area contributed by atoms with Crippen molar-refractivity contribution in [2.24, 2.45) is 0 Å². The van der Waals surface area contributed by atoms with E-state index in [4.69, 9.17) is 9.47 Å². The largest absolute Gasteiger partial charge is 0.508 e. The molecule has 0 aliphatic rings. The first-order valence-corrected chi connectivity index (χ1v) is 3.53. The zero-order valence-corrected chi connectivity index (χ0v) is 7.12. The van der Waals surface area contributed by atoms with Crippen molar-refractivity contribution in [3.8, 4) is 0 Å². The Morgan fingerprint density at radius 1 is 1.55 bits per heavy atom. The molecule has 0 aromatic rings. The fourth-order valence-corrected chi connectivity index (χ4v) is 0.530. The molecule has 66 valence electrons. The lowest BCUT2D eigenvalue weighted by molar-refractivity contribution is 0.00124. The molecule has 4 heteroatoms. The second-order valence-electron chi connectivity index (χ2n) is 2.04. The Balaban J connectivity index is 3.35. The lowest BCUT2D eigenvalue weighted by atomic mass is 10.4. The highest BCUT2D eigenvalue weighted by molar-refractivity contribution is 5.59. The molecule has 0 bridgehead atoms. The van der Waals surface area contributed by atoms with Crippen LogP contribution in [0.4, 0.5) is 4.79 Å². The molecule has 0 aromatic carbocycles. The molecule has 0 aliphatic heterocycles. The van der Waals surface area contributed by atoms with Crippen molar-refractivity contribution >= 4 is 6.16 Å². The number of rotatable bonds is 4. The molecule has 4 nitrogen and oxygen atoms in total. The summed E-state index contributed by atoms with van der Waals surface area (Å²) in [5.74, 6) is 0. The van der Waals surface area contributed by atoms with Gasteiger partial charge < -0.3 is 14.2 Å². The quantitative estimate of drug-likeness (QED) is 0.582. The summed E-state index contributed by atoms with van der Waals surface area (Å²) in [4.78, 5) is 10.5. The van der Waals surface area contributed by atoms with Crippen LogP contribution in [0.1, 0.15) is 13.8 Å². The molecule has 0 N–H and O–H groups in total. The number of ether oxygens (including phenoxy) is 3. The fraction of sp³-hybridized carbons (Fsp3) is 0.857. The average Bonchev–Trinajstić information content (AvgIpc) is 2.00. The summed E-state index contributed by atoms with van der Waals surface area (Å²) in [6.07, 6.45) is -0.917. The molecular formula is C7H14O4. The van der Waals surface area contributed by atoms with Crippen molar-refractivity contribution in [1.82, 2.24) is 0 Å². The summed E-state index contributed by atoms with van der Waals surface area (Å²) in [5.41, 5.74) is 0. The van der Waals surface area contributed by atoms with Crippen molar-refractivity contribution in [1.29, 1.82) is 0 Å². The van der Waals surface area contributed by atoms with E-state index in [0.717, 1.165) is 0 Å². The lowest BCUT2D eigenvalue weighted by Crippen LogP contribution is -2.20. The third-order valence-corrected chi connectivity index (χ3v) is 1.02. The number of methoxy groups -OCH3 is 1. The normalized spacial score (nSPS) is 12.3. The maximum atomic E-state index is 10.5. The van der Waals surface area contributed by atoms with Gasteiger partial charge in [0.25, 0.3) is 0 Å². The Morgan fingerprint density at radius 3 is 2.64 bits per heavy atom. The molecule has 1 unspecified atom stereocenters. The molecule has 0 saturated carbocycles. The minimum absolute atomic E-state index is 0.248. The van der Waals surface area contributed by atoms with E-state index in [1.165, 1.54) is 7.11 Å². The molecule has 0 aliphatic carbocycles. The van der Waals surface area contributed by atoms with Crippen molar-refractivity contribution in [3.63, 3.8) is 0 Å². The lowest BCUT2D eigenvalue weighted by Gasteiger charge is -2.10. The van der Waals surface area contributed by atoms with Crippen molar-refractivity contribution in [3.05, 3.63) is 0 Å². The van der Waals surface area contributed by atoms with E-state index < -0.39 is 6.16 Å². The van der Waals surface area contributed by atoms with Gasteiger partial charge in [-0.2, -0.15) is 0 Å². The molecule has 0 saturated heterocycles. The third kappa shape index (κ3) is 5.66. The van der Waals surface area contributed by atoms with Gasteiger partial charge in [0.2, 0.25) is 0 Å². The molecule has 0 amide bonds. The van der Waals surface area contributed by atoms with Crippen molar-refractivity contribution < 1.29 is 19.0 Å². The van der Waals surface area contributed by atoms with Gasteiger partial charge in [0.05, 0.1) is 13.7 Å². The van der Waals surface area contributed by atoms with E-state index in [1.807, 2.05) is 6.92 Å². The molecule has 1 atom stereocenters. The Hall–Kier alpha value is -0.770.